The third-order valence-corrected chi connectivity index (χ3v) is 11.9. The van der Waals surface area contributed by atoms with Gasteiger partial charge in [0, 0.05) is 48.1 Å². The third kappa shape index (κ3) is 8.83. The van der Waals surface area contributed by atoms with Crippen LogP contribution >= 0.6 is 0 Å². The first-order chi connectivity index (χ1) is 29.5. The van der Waals surface area contributed by atoms with Gasteiger partial charge in [-0.05, 0) is 80.5 Å². The van der Waals surface area contributed by atoms with Crippen molar-refractivity contribution in [1.82, 2.24) is 20.0 Å². The number of hydrogen-bond donors (Lipinski definition) is 7. The molecule has 0 aliphatic carbocycles. The summed E-state index contributed by atoms with van der Waals surface area (Å²) in [5.41, 5.74) is 11.9. The summed E-state index contributed by atoms with van der Waals surface area (Å²) in [7, 11) is 0. The second-order valence-electron chi connectivity index (χ2n) is 16.0. The minimum atomic E-state index is -1.68. The Balaban J connectivity index is 1.66. The van der Waals surface area contributed by atoms with Crippen LogP contribution in [0.15, 0.2) is 38.6 Å². The van der Waals surface area contributed by atoms with Crippen LogP contribution in [0.4, 0.5) is 0 Å². The number of rotatable bonds is 18. The van der Waals surface area contributed by atoms with Gasteiger partial charge in [-0.1, -0.05) is 45.8 Å². The fourth-order valence-corrected chi connectivity index (χ4v) is 8.64. The summed E-state index contributed by atoms with van der Waals surface area (Å²) in [4.78, 5) is 85.5. The molecule has 6 bridgehead atoms. The van der Waals surface area contributed by atoms with Crippen LogP contribution in [0, 0.1) is 25.7 Å². The van der Waals surface area contributed by atoms with Crippen molar-refractivity contribution in [2.24, 2.45) is 21.8 Å². The van der Waals surface area contributed by atoms with E-state index in [2.05, 4.69) is 35.2 Å². The molecule has 2 aromatic heterocycles. The number of fused-ring (bicyclic) bond motifs is 2. The smallest absolute Gasteiger partial charge is 0.326 e. The molecule has 3 atom stereocenters. The van der Waals surface area contributed by atoms with E-state index in [1.165, 1.54) is 0 Å². The molecule has 0 saturated carbocycles. The van der Waals surface area contributed by atoms with Crippen LogP contribution in [0.25, 0.3) is 29.9 Å². The lowest BCUT2D eigenvalue weighted by Gasteiger charge is -2.20. The van der Waals surface area contributed by atoms with E-state index in [1.54, 1.807) is 11.6 Å². The number of unbranched alkanes of at least 4 members (excludes halogenated alkanes) is 2. The van der Waals surface area contributed by atoms with Crippen LogP contribution in [-0.2, 0) is 24.0 Å². The second kappa shape index (κ2) is 18.5. The first kappa shape index (κ1) is 44.8. The highest BCUT2D eigenvalue weighted by Gasteiger charge is 2.38. The van der Waals surface area contributed by atoms with Crippen LogP contribution < -0.4 is 26.9 Å². The summed E-state index contributed by atoms with van der Waals surface area (Å²) < 4.78 is 3.57. The predicted molar refractivity (Wildman–Crippen MR) is 233 cm³/mol. The molecule has 7 N–H and O–H groups in total. The Labute approximate surface area is 357 Å². The van der Waals surface area contributed by atoms with Crippen molar-refractivity contribution in [3.63, 3.8) is 0 Å². The van der Waals surface area contributed by atoms with Gasteiger partial charge in [0.1, 0.15) is 6.04 Å². The summed E-state index contributed by atoms with van der Waals surface area (Å²) in [6.07, 6.45) is 11.7. The summed E-state index contributed by atoms with van der Waals surface area (Å²) in [6, 6.07) is -1.68. The Bertz CT molecular complexity index is 2600. The van der Waals surface area contributed by atoms with Crippen LogP contribution in [-0.4, -0.2) is 89.5 Å². The number of nitrogens with one attached hydrogen (secondary N) is 3. The molecule has 62 heavy (non-hydrogen) atoms. The lowest BCUT2D eigenvalue weighted by atomic mass is 9.82. The highest BCUT2D eigenvalue weighted by molar-refractivity contribution is 6.25. The molecule has 4 aliphatic rings. The molecule has 17 nitrogen and oxygen atoms in total. The Kier molecular flexibility index (Phi) is 13.3. The number of carboxylic acid groups (broad SMARTS) is 4. The molecule has 0 radical (unpaired) electrons. The molecule has 6 rings (SSSR count). The van der Waals surface area contributed by atoms with Gasteiger partial charge in [0.25, 0.3) is 5.91 Å². The third-order valence-electron chi connectivity index (χ3n) is 11.9. The highest BCUT2D eigenvalue weighted by atomic mass is 16.4. The zero-order valence-electron chi connectivity index (χ0n) is 35.7. The average molecular weight is 852 g/mol. The number of carboxylic acids is 4. The Morgan fingerprint density at radius 3 is 2.27 bits per heavy atom. The van der Waals surface area contributed by atoms with Crippen LogP contribution in [0.2, 0.25) is 0 Å². The summed E-state index contributed by atoms with van der Waals surface area (Å²) >= 11 is 0. The van der Waals surface area contributed by atoms with Crippen molar-refractivity contribution in [2.75, 3.05) is 12.1 Å². The van der Waals surface area contributed by atoms with Crippen molar-refractivity contribution in [3.05, 3.63) is 73.0 Å². The standard InChI is InChI=1S/C45H53N7O10/c1-7-9-10-11-12-27-24(5)34-18-31-23(4)28(13-14-38(54)55)42(49-31)29(17-39(56)57)43-41(44(60)46-16-15-37(53)48-33(45(61)62)21-40(58)59)25(6)35-20-32-26(8-2)22(3)30(47-32)19-36(27)51(34)50-52(35)43/h11-12,18-20,23,28,33,50H,7-10,13-17,21H2,1-6H3,(H,46,60)(H,48,53)(H,54,55)(H,56,57)(H,58,59)(H,61,62)/b12-11+,30-19?,31-18?,32-20?,34-18?,35-20?,36-19?,42-29?,43-29?/t23-,28-,33?/m0/s1. The average Bonchev–Trinajstić information content (AvgIpc) is 3.84. The summed E-state index contributed by atoms with van der Waals surface area (Å²) in [5, 5.41) is 44.5. The van der Waals surface area contributed by atoms with E-state index in [1.807, 2.05) is 50.6 Å². The Hall–Kier alpha value is -6.78. The molecule has 0 spiro atoms. The normalized spacial score (nSPS) is 17.9. The van der Waals surface area contributed by atoms with Gasteiger partial charge in [0.05, 0.1) is 57.6 Å². The van der Waals surface area contributed by atoms with E-state index in [-0.39, 0.29) is 41.8 Å². The SMILES string of the molecule is CCCC/C=C/c1c(C)c2n3c1C=C1N=C(C=c4c(C)c(C(=O)NCCC(=O)NC(CC(=O)O)C(=O)O)c(n4N3)=C(CC(=O)O)C3=NC(=C2)[C@@H](C)[C@@H]3CCC(=O)O)C(CC)=C1C. The number of aliphatic imine (C=N–C) groups is 2. The van der Waals surface area contributed by atoms with E-state index >= 15 is 0 Å². The van der Waals surface area contributed by atoms with E-state index in [9.17, 15) is 44.1 Å². The lowest BCUT2D eigenvalue weighted by Crippen LogP contribution is -2.44. The fourth-order valence-electron chi connectivity index (χ4n) is 8.64. The molecule has 328 valence electrons. The maximum Gasteiger partial charge on any atom is 0.326 e. The van der Waals surface area contributed by atoms with Crippen molar-refractivity contribution < 1.29 is 49.2 Å². The lowest BCUT2D eigenvalue weighted by molar-refractivity contribution is -0.147. The first-order valence-electron chi connectivity index (χ1n) is 20.9. The van der Waals surface area contributed by atoms with Crippen molar-refractivity contribution in [1.29, 1.82) is 0 Å². The molecular weight excluding hydrogens is 799 g/mol. The maximum absolute atomic E-state index is 14.7. The minimum Gasteiger partial charge on any atom is -0.481 e. The molecule has 4 aliphatic heterocycles. The van der Waals surface area contributed by atoms with Gasteiger partial charge in [-0.15, -0.1) is 0 Å². The van der Waals surface area contributed by atoms with Gasteiger partial charge >= 0.3 is 23.9 Å². The van der Waals surface area contributed by atoms with E-state index in [4.69, 9.17) is 15.1 Å². The van der Waals surface area contributed by atoms with E-state index in [0.29, 0.717) is 34.5 Å². The number of amides is 2. The highest BCUT2D eigenvalue weighted by Crippen LogP contribution is 2.40. The fraction of sp³-hybridized carbons (Fsp3) is 0.422. The zero-order chi connectivity index (χ0) is 45.2. The molecule has 0 saturated heterocycles. The predicted octanol–water partition coefficient (Wildman–Crippen LogP) is 4.15. The van der Waals surface area contributed by atoms with Gasteiger partial charge < -0.3 is 31.1 Å². The van der Waals surface area contributed by atoms with Crippen molar-refractivity contribution >= 4 is 77.0 Å². The number of allylic oxidation sites excluding steroid dienone is 4. The van der Waals surface area contributed by atoms with Gasteiger partial charge in [-0.3, -0.25) is 29.0 Å². The number of nitrogens with zero attached hydrogens (tertiary/aromatic N) is 4. The molecule has 0 fully saturated rings. The Morgan fingerprint density at radius 1 is 0.887 bits per heavy atom. The maximum atomic E-state index is 14.7. The van der Waals surface area contributed by atoms with Crippen LogP contribution in [0.3, 0.4) is 0 Å². The quantitative estimate of drug-likeness (QED) is 0.105. The molecule has 17 heteroatoms. The number of carbonyl (C=O) groups is 6. The van der Waals surface area contributed by atoms with Gasteiger partial charge in [0.2, 0.25) is 5.91 Å². The topological polar surface area (TPSA) is 254 Å². The number of hydrogen-bond acceptors (Lipinski definition) is 9. The van der Waals surface area contributed by atoms with Crippen LogP contribution in [0.1, 0.15) is 124 Å². The van der Waals surface area contributed by atoms with Crippen molar-refractivity contribution in [2.45, 2.75) is 105 Å². The van der Waals surface area contributed by atoms with Crippen LogP contribution in [0.5, 0.6) is 0 Å². The van der Waals surface area contributed by atoms with Crippen molar-refractivity contribution in [3.8, 4) is 0 Å². The van der Waals surface area contributed by atoms with Gasteiger partial charge in [-0.2, -0.15) is 0 Å². The number of aliphatic carboxylic acids is 4. The second-order valence-corrected chi connectivity index (χ2v) is 16.0. The minimum absolute atomic E-state index is 0.0662. The number of carbonyl (C=O) groups excluding carboxylic acids is 2. The van der Waals surface area contributed by atoms with E-state index < -0.39 is 66.9 Å². The first-order valence-corrected chi connectivity index (χ1v) is 20.9. The molecular formula is C45H53N7O10. The zero-order valence-corrected chi connectivity index (χ0v) is 35.7. The Morgan fingerprint density at radius 2 is 1.63 bits per heavy atom. The molecule has 6 heterocycles. The molecule has 2 amide bonds. The monoisotopic (exact) mass is 851 g/mol. The van der Waals surface area contributed by atoms with Gasteiger partial charge in [0.15, 0.2) is 0 Å². The number of aromatic nitrogens is 2. The molecule has 1 unspecified atom stereocenters. The molecule has 2 aromatic rings. The summed E-state index contributed by atoms with van der Waals surface area (Å²) in [5.74, 6) is -7.57. The largest absolute Gasteiger partial charge is 0.481 e. The van der Waals surface area contributed by atoms with Gasteiger partial charge in [-0.25, -0.2) is 24.7 Å². The molecule has 0 aromatic carbocycles. The summed E-state index contributed by atoms with van der Waals surface area (Å²) in [6.45, 7) is 11.6. The van der Waals surface area contributed by atoms with E-state index in [0.717, 1.165) is 58.6 Å².